The number of aliphatic carboxylic acids is 1. The lowest BCUT2D eigenvalue weighted by Gasteiger charge is -2.20. The zero-order valence-corrected chi connectivity index (χ0v) is 12.5. The van der Waals surface area contributed by atoms with Crippen LogP contribution in [0, 0.1) is 5.82 Å². The number of carbonyl (C=O) groups excluding carboxylic acids is 1. The summed E-state index contributed by atoms with van der Waals surface area (Å²) in [5.41, 5.74) is 6.60. The molecule has 0 bridgehead atoms. The van der Waals surface area contributed by atoms with Crippen LogP contribution in [0.4, 0.5) is 10.1 Å². The first-order valence-electron chi connectivity index (χ1n) is 6.68. The maximum atomic E-state index is 13.8. The smallest absolute Gasteiger partial charge is 0.317 e. The molecule has 1 aromatic rings. The summed E-state index contributed by atoms with van der Waals surface area (Å²) < 4.78 is 13.8. The van der Waals surface area contributed by atoms with Gasteiger partial charge in [-0.15, -0.1) is 0 Å². The number of carboxylic acid groups (broad SMARTS) is 1. The molecule has 0 fully saturated rings. The largest absolute Gasteiger partial charge is 0.480 e. The van der Waals surface area contributed by atoms with Gasteiger partial charge in [0.15, 0.2) is 0 Å². The highest BCUT2D eigenvalue weighted by molar-refractivity contribution is 5.68. The molecule has 0 heterocycles. The zero-order valence-electron chi connectivity index (χ0n) is 12.5. The lowest BCUT2D eigenvalue weighted by Crippen LogP contribution is -2.27. The summed E-state index contributed by atoms with van der Waals surface area (Å²) in [6.45, 7) is 4.62. The minimum absolute atomic E-state index is 0.000649. The monoisotopic (exact) mass is 298 g/mol. The van der Waals surface area contributed by atoms with Crippen molar-refractivity contribution in [3.63, 3.8) is 0 Å². The number of anilines is 1. The van der Waals surface area contributed by atoms with Crippen LogP contribution in [0.5, 0.6) is 0 Å². The summed E-state index contributed by atoms with van der Waals surface area (Å²) in [4.78, 5) is 20.3. The molecular formula is C15H23FN2O3. The third kappa shape index (κ3) is 6.85. The van der Waals surface area contributed by atoms with Crippen LogP contribution in [0.1, 0.15) is 31.2 Å². The molecular weight excluding hydrogens is 275 g/mol. The molecule has 0 saturated heterocycles. The summed E-state index contributed by atoms with van der Waals surface area (Å²) >= 11 is 0. The van der Waals surface area contributed by atoms with Crippen molar-refractivity contribution in [2.24, 2.45) is 0 Å². The van der Waals surface area contributed by atoms with Crippen LogP contribution >= 0.6 is 0 Å². The number of nitrogen functional groups attached to an aromatic ring is 1. The van der Waals surface area contributed by atoms with E-state index in [4.69, 9.17) is 15.6 Å². The Kier molecular flexibility index (Phi) is 8.96. The van der Waals surface area contributed by atoms with Crippen LogP contribution in [-0.4, -0.2) is 42.9 Å². The van der Waals surface area contributed by atoms with Crippen molar-refractivity contribution >= 4 is 18.4 Å². The van der Waals surface area contributed by atoms with E-state index in [1.807, 2.05) is 13.7 Å². The number of halogens is 1. The first-order valence-corrected chi connectivity index (χ1v) is 6.68. The Labute approximate surface area is 124 Å². The van der Waals surface area contributed by atoms with Gasteiger partial charge in [-0.3, -0.25) is 9.69 Å². The highest BCUT2D eigenvalue weighted by Crippen LogP contribution is 2.27. The van der Waals surface area contributed by atoms with Gasteiger partial charge in [0.05, 0.1) is 6.54 Å². The van der Waals surface area contributed by atoms with E-state index in [1.165, 1.54) is 6.07 Å². The van der Waals surface area contributed by atoms with Crippen LogP contribution in [0.25, 0.3) is 0 Å². The molecule has 0 radical (unpaired) electrons. The fourth-order valence-electron chi connectivity index (χ4n) is 2.14. The maximum absolute atomic E-state index is 13.8. The number of carboxylic acids is 1. The molecule has 0 aliphatic heterocycles. The summed E-state index contributed by atoms with van der Waals surface area (Å²) in [5, 5.41) is 8.68. The van der Waals surface area contributed by atoms with E-state index in [2.05, 4.69) is 0 Å². The average Bonchev–Trinajstić information content (AvgIpc) is 2.42. The van der Waals surface area contributed by atoms with Crippen molar-refractivity contribution in [2.45, 2.75) is 25.7 Å². The minimum Gasteiger partial charge on any atom is -0.480 e. The van der Waals surface area contributed by atoms with E-state index in [0.29, 0.717) is 17.8 Å². The quantitative estimate of drug-likeness (QED) is 0.753. The number of hydrogen-bond acceptors (Lipinski definition) is 4. The second-order valence-corrected chi connectivity index (χ2v) is 4.81. The van der Waals surface area contributed by atoms with Gasteiger partial charge in [-0.1, -0.05) is 13.0 Å². The maximum Gasteiger partial charge on any atom is 0.317 e. The average molecular weight is 298 g/mol. The van der Waals surface area contributed by atoms with Crippen LogP contribution in [-0.2, 0) is 9.59 Å². The molecule has 3 N–H and O–H groups in total. The van der Waals surface area contributed by atoms with E-state index in [1.54, 1.807) is 24.1 Å². The lowest BCUT2D eigenvalue weighted by molar-refractivity contribution is -0.138. The molecule has 0 aliphatic rings. The predicted octanol–water partition coefficient (Wildman–Crippen LogP) is 2.12. The van der Waals surface area contributed by atoms with E-state index in [-0.39, 0.29) is 18.3 Å². The molecule has 1 unspecified atom stereocenters. The van der Waals surface area contributed by atoms with Gasteiger partial charge < -0.3 is 15.6 Å². The highest BCUT2D eigenvalue weighted by atomic mass is 19.1. The van der Waals surface area contributed by atoms with Crippen molar-refractivity contribution in [1.29, 1.82) is 0 Å². The van der Waals surface area contributed by atoms with Gasteiger partial charge in [0, 0.05) is 5.69 Å². The Hall–Kier alpha value is -1.95. The Balaban J connectivity index is 0.00000191. The first kappa shape index (κ1) is 19.1. The number of nitrogens with two attached hydrogens (primary N) is 1. The van der Waals surface area contributed by atoms with Gasteiger partial charge in [0.25, 0.3) is 0 Å². The third-order valence-electron chi connectivity index (χ3n) is 3.22. The van der Waals surface area contributed by atoms with Crippen molar-refractivity contribution in [3.8, 4) is 0 Å². The molecule has 0 aromatic heterocycles. The molecule has 21 heavy (non-hydrogen) atoms. The number of nitrogens with zero attached hydrogens (tertiary/aromatic N) is 1. The number of likely N-dealkylation sites (N-methyl/N-ethyl adjacent to an activating group) is 1. The van der Waals surface area contributed by atoms with Crippen LogP contribution < -0.4 is 5.73 Å². The van der Waals surface area contributed by atoms with Gasteiger partial charge in [-0.05, 0) is 50.0 Å². The molecule has 1 aromatic carbocycles. The fraction of sp³-hybridized carbons (Fsp3) is 0.467. The Bertz CT molecular complexity index is 455. The van der Waals surface area contributed by atoms with Crippen molar-refractivity contribution < 1.29 is 19.1 Å². The highest BCUT2D eigenvalue weighted by Gasteiger charge is 2.15. The van der Waals surface area contributed by atoms with Gasteiger partial charge >= 0.3 is 5.97 Å². The Morgan fingerprint density at radius 1 is 1.48 bits per heavy atom. The number of benzene rings is 1. The molecule has 0 spiro atoms. The number of hydrogen-bond donors (Lipinski definition) is 2. The fourth-order valence-corrected chi connectivity index (χ4v) is 2.14. The van der Waals surface area contributed by atoms with Crippen LogP contribution in [0.2, 0.25) is 0 Å². The molecule has 1 atom stereocenters. The lowest BCUT2D eigenvalue weighted by atomic mass is 9.92. The molecule has 6 heteroatoms. The molecule has 118 valence electrons. The van der Waals surface area contributed by atoms with E-state index in [9.17, 15) is 9.18 Å². The van der Waals surface area contributed by atoms with Gasteiger partial charge in [-0.2, -0.15) is 0 Å². The topological polar surface area (TPSA) is 83.6 Å². The second-order valence-electron chi connectivity index (χ2n) is 4.81. The number of carbonyl (C=O) groups is 2. The summed E-state index contributed by atoms with van der Waals surface area (Å²) in [5.74, 6) is -1.06. The number of rotatable bonds is 7. The first-order chi connectivity index (χ1) is 9.93. The molecule has 0 amide bonds. The third-order valence-corrected chi connectivity index (χ3v) is 3.22. The molecule has 0 saturated carbocycles. The zero-order chi connectivity index (χ0) is 16.4. The normalized spacial score (nSPS) is 11.6. The standard InChI is InChI=1S/C14H21FN2O2.CH2O/c1-3-10(6-7-17(2)9-14(18)19)12-5-4-11(16)8-13(12)15;1-2/h4-5,8,10H,3,6-7,9,16H2,1-2H3,(H,18,19);1H2. The Morgan fingerprint density at radius 2 is 2.10 bits per heavy atom. The van der Waals surface area contributed by atoms with Gasteiger partial charge in [0.2, 0.25) is 0 Å². The second kappa shape index (κ2) is 9.88. The van der Waals surface area contributed by atoms with Crippen molar-refractivity contribution in [2.75, 3.05) is 25.9 Å². The van der Waals surface area contributed by atoms with E-state index >= 15 is 0 Å². The van der Waals surface area contributed by atoms with Gasteiger partial charge in [-0.25, -0.2) is 4.39 Å². The van der Waals surface area contributed by atoms with Gasteiger partial charge in [0.1, 0.15) is 12.6 Å². The van der Waals surface area contributed by atoms with E-state index < -0.39 is 5.97 Å². The van der Waals surface area contributed by atoms with Crippen molar-refractivity contribution in [1.82, 2.24) is 4.90 Å². The SMILES string of the molecule is C=O.CCC(CCN(C)CC(=O)O)c1ccc(N)cc1F. The molecule has 1 rings (SSSR count). The Morgan fingerprint density at radius 3 is 2.57 bits per heavy atom. The van der Waals surface area contributed by atoms with E-state index in [0.717, 1.165) is 12.8 Å². The van der Waals surface area contributed by atoms with Crippen LogP contribution in [0.15, 0.2) is 18.2 Å². The van der Waals surface area contributed by atoms with Crippen molar-refractivity contribution in [3.05, 3.63) is 29.6 Å². The minimum atomic E-state index is -0.853. The van der Waals surface area contributed by atoms with Crippen LogP contribution in [0.3, 0.4) is 0 Å². The molecule has 5 nitrogen and oxygen atoms in total. The predicted molar refractivity (Wildman–Crippen MR) is 80.7 cm³/mol. The molecule has 0 aliphatic carbocycles. The summed E-state index contributed by atoms with van der Waals surface area (Å²) in [6.07, 6.45) is 1.53. The summed E-state index contributed by atoms with van der Waals surface area (Å²) in [6, 6.07) is 4.75. The summed E-state index contributed by atoms with van der Waals surface area (Å²) in [7, 11) is 1.75.